The van der Waals surface area contributed by atoms with E-state index >= 15 is 0 Å². The Kier molecular flexibility index (Phi) is 14.9. The Balaban J connectivity index is 1.32. The highest BCUT2D eigenvalue weighted by atomic mass is 16.5. The summed E-state index contributed by atoms with van der Waals surface area (Å²) in [6.45, 7) is 7.38. The number of aryl methyl sites for hydroxylation is 2. The number of rotatable bonds is 21. The SMILES string of the molecule is CCCCCCCCCCCCCCOc1ccc2cc(CCc3ccc(C(=O)C[C@H](C)CC)cc3)ccc2c1. The predicted octanol–water partition coefficient (Wildman–Crippen LogP) is 11.3. The third kappa shape index (κ3) is 11.9. The average molecular weight is 543 g/mol. The van der Waals surface area contributed by atoms with E-state index in [4.69, 9.17) is 4.74 Å². The first-order valence-electron chi connectivity index (χ1n) is 16.4. The summed E-state index contributed by atoms with van der Waals surface area (Å²) >= 11 is 0. The van der Waals surface area contributed by atoms with E-state index in [0.717, 1.165) is 43.6 Å². The van der Waals surface area contributed by atoms with Crippen molar-refractivity contribution in [3.63, 3.8) is 0 Å². The molecule has 2 heteroatoms. The van der Waals surface area contributed by atoms with E-state index < -0.39 is 0 Å². The largest absolute Gasteiger partial charge is 0.494 e. The summed E-state index contributed by atoms with van der Waals surface area (Å²) in [6.07, 6.45) is 20.0. The zero-order valence-electron chi connectivity index (χ0n) is 25.7. The molecule has 0 saturated heterocycles. The lowest BCUT2D eigenvalue weighted by molar-refractivity contribution is 0.0963. The van der Waals surface area contributed by atoms with Gasteiger partial charge in [0, 0.05) is 12.0 Å². The van der Waals surface area contributed by atoms with Gasteiger partial charge in [-0.3, -0.25) is 4.79 Å². The average Bonchev–Trinajstić information content (AvgIpc) is 2.98. The Morgan fingerprint density at radius 2 is 1.20 bits per heavy atom. The molecular weight excluding hydrogens is 488 g/mol. The number of ether oxygens (including phenoxy) is 1. The second kappa shape index (κ2) is 18.7. The minimum atomic E-state index is 0.257. The van der Waals surface area contributed by atoms with Gasteiger partial charge in [0.1, 0.15) is 5.75 Å². The molecule has 0 aromatic heterocycles. The molecule has 0 bridgehead atoms. The Labute approximate surface area is 244 Å². The summed E-state index contributed by atoms with van der Waals surface area (Å²) in [4.78, 5) is 12.4. The van der Waals surface area contributed by atoms with Gasteiger partial charge in [0.15, 0.2) is 5.78 Å². The molecule has 3 aromatic rings. The minimum Gasteiger partial charge on any atom is -0.494 e. The second-order valence-electron chi connectivity index (χ2n) is 11.9. The number of fused-ring (bicyclic) bond motifs is 1. The number of hydrogen-bond acceptors (Lipinski definition) is 2. The van der Waals surface area contributed by atoms with Crippen molar-refractivity contribution in [3.8, 4) is 5.75 Å². The van der Waals surface area contributed by atoms with Crippen molar-refractivity contribution in [2.24, 2.45) is 5.92 Å². The van der Waals surface area contributed by atoms with E-state index in [0.29, 0.717) is 12.3 Å². The summed E-state index contributed by atoms with van der Waals surface area (Å²) in [5.74, 6) is 1.68. The molecule has 0 fully saturated rings. The van der Waals surface area contributed by atoms with Crippen LogP contribution >= 0.6 is 0 Å². The fourth-order valence-corrected chi connectivity index (χ4v) is 5.38. The summed E-state index contributed by atoms with van der Waals surface area (Å²) in [7, 11) is 0. The third-order valence-corrected chi connectivity index (χ3v) is 8.35. The molecule has 3 aromatic carbocycles. The number of unbranched alkanes of at least 4 members (excludes halogenated alkanes) is 11. The van der Waals surface area contributed by atoms with E-state index in [2.05, 4.69) is 69.3 Å². The molecule has 0 saturated carbocycles. The van der Waals surface area contributed by atoms with Gasteiger partial charge in [0.2, 0.25) is 0 Å². The number of hydrogen-bond donors (Lipinski definition) is 0. The van der Waals surface area contributed by atoms with Gasteiger partial charge < -0.3 is 4.74 Å². The summed E-state index contributed by atoms with van der Waals surface area (Å²) < 4.78 is 6.07. The fourth-order valence-electron chi connectivity index (χ4n) is 5.38. The fraction of sp³-hybridized carbons (Fsp3) is 0.553. The van der Waals surface area contributed by atoms with Crippen LogP contribution < -0.4 is 4.74 Å². The minimum absolute atomic E-state index is 0.257. The molecule has 0 aliphatic carbocycles. The van der Waals surface area contributed by atoms with Crippen LogP contribution in [0.25, 0.3) is 10.8 Å². The van der Waals surface area contributed by atoms with Crippen molar-refractivity contribution in [1.82, 2.24) is 0 Å². The first-order chi connectivity index (χ1) is 19.6. The van der Waals surface area contributed by atoms with Crippen LogP contribution in [0, 0.1) is 5.92 Å². The number of benzene rings is 3. The molecule has 0 spiro atoms. The van der Waals surface area contributed by atoms with Gasteiger partial charge in [-0.1, -0.05) is 146 Å². The highest BCUT2D eigenvalue weighted by Gasteiger charge is 2.10. The van der Waals surface area contributed by atoms with Gasteiger partial charge in [0.25, 0.3) is 0 Å². The second-order valence-corrected chi connectivity index (χ2v) is 11.9. The first-order valence-corrected chi connectivity index (χ1v) is 16.4. The molecule has 0 radical (unpaired) electrons. The Bertz CT molecular complexity index is 1110. The van der Waals surface area contributed by atoms with E-state index in [1.807, 2.05) is 12.1 Å². The van der Waals surface area contributed by atoms with Crippen molar-refractivity contribution in [2.75, 3.05) is 6.61 Å². The molecule has 1 atom stereocenters. The van der Waals surface area contributed by atoms with Crippen molar-refractivity contribution in [1.29, 1.82) is 0 Å². The third-order valence-electron chi connectivity index (χ3n) is 8.35. The molecule has 2 nitrogen and oxygen atoms in total. The molecule has 3 rings (SSSR count). The number of carbonyl (C=O) groups excluding carboxylic acids is 1. The molecule has 0 unspecified atom stereocenters. The van der Waals surface area contributed by atoms with Crippen molar-refractivity contribution in [2.45, 2.75) is 124 Å². The molecule has 40 heavy (non-hydrogen) atoms. The summed E-state index contributed by atoms with van der Waals surface area (Å²) in [6, 6.07) is 21.5. The Hall–Kier alpha value is -2.61. The maximum Gasteiger partial charge on any atom is 0.163 e. The lowest BCUT2D eigenvalue weighted by Crippen LogP contribution is -2.05. The highest BCUT2D eigenvalue weighted by molar-refractivity contribution is 5.96. The van der Waals surface area contributed by atoms with Gasteiger partial charge >= 0.3 is 0 Å². The molecule has 0 aliphatic heterocycles. The van der Waals surface area contributed by atoms with E-state index in [-0.39, 0.29) is 5.78 Å². The van der Waals surface area contributed by atoms with Crippen LogP contribution in [-0.2, 0) is 12.8 Å². The van der Waals surface area contributed by atoms with Gasteiger partial charge in [-0.25, -0.2) is 0 Å². The van der Waals surface area contributed by atoms with E-state index in [9.17, 15) is 4.79 Å². The van der Waals surface area contributed by atoms with Crippen LogP contribution in [0.4, 0.5) is 0 Å². The topological polar surface area (TPSA) is 26.3 Å². The van der Waals surface area contributed by atoms with Crippen molar-refractivity contribution in [3.05, 3.63) is 77.4 Å². The smallest absolute Gasteiger partial charge is 0.163 e. The van der Waals surface area contributed by atoms with Gasteiger partial charge in [-0.2, -0.15) is 0 Å². The lowest BCUT2D eigenvalue weighted by atomic mass is 9.96. The number of carbonyl (C=O) groups is 1. The van der Waals surface area contributed by atoms with E-state index in [1.165, 1.54) is 92.5 Å². The molecule has 218 valence electrons. The Morgan fingerprint density at radius 3 is 1.85 bits per heavy atom. The normalized spacial score (nSPS) is 12.1. The van der Waals surface area contributed by atoms with Crippen LogP contribution in [0.3, 0.4) is 0 Å². The predicted molar refractivity (Wildman–Crippen MR) is 173 cm³/mol. The standard InChI is InChI=1S/C38H54O2/c1-4-6-7-8-9-10-11-12-13-14-15-16-27-40-37-26-25-35-29-33(21-24-36(35)30-37)18-17-32-19-22-34(23-20-32)38(39)28-31(3)5-2/h19-26,29-31H,4-18,27-28H2,1-3H3/t31-/m1/s1. The van der Waals surface area contributed by atoms with Crippen LogP contribution in [0.1, 0.15) is 132 Å². The van der Waals surface area contributed by atoms with Crippen molar-refractivity contribution < 1.29 is 9.53 Å². The van der Waals surface area contributed by atoms with Crippen molar-refractivity contribution >= 4 is 16.6 Å². The van der Waals surface area contributed by atoms with Crippen LogP contribution in [0.5, 0.6) is 5.75 Å². The molecule has 0 heterocycles. The zero-order chi connectivity index (χ0) is 28.4. The van der Waals surface area contributed by atoms with Gasteiger partial charge in [0.05, 0.1) is 6.61 Å². The van der Waals surface area contributed by atoms with Gasteiger partial charge in [-0.15, -0.1) is 0 Å². The summed E-state index contributed by atoms with van der Waals surface area (Å²) in [5, 5.41) is 2.50. The van der Waals surface area contributed by atoms with Gasteiger partial charge in [-0.05, 0) is 59.2 Å². The maximum atomic E-state index is 12.4. The molecule has 0 amide bonds. The maximum absolute atomic E-state index is 12.4. The summed E-state index contributed by atoms with van der Waals surface area (Å²) in [5.41, 5.74) is 3.46. The van der Waals surface area contributed by atoms with E-state index in [1.54, 1.807) is 0 Å². The first kappa shape index (κ1) is 31.9. The number of Topliss-reactive ketones (excluding diaryl/α,β-unsaturated/α-hetero) is 1. The zero-order valence-corrected chi connectivity index (χ0v) is 25.7. The molecule has 0 aliphatic rings. The quantitative estimate of drug-likeness (QED) is 0.0988. The monoisotopic (exact) mass is 542 g/mol. The van der Waals surface area contributed by atoms with Crippen LogP contribution in [-0.4, -0.2) is 12.4 Å². The number of ketones is 1. The van der Waals surface area contributed by atoms with Crippen LogP contribution in [0.2, 0.25) is 0 Å². The van der Waals surface area contributed by atoms with Crippen LogP contribution in [0.15, 0.2) is 60.7 Å². The molecule has 0 N–H and O–H groups in total. The lowest BCUT2D eigenvalue weighted by Gasteiger charge is -2.09. The molecular formula is C38H54O2. The highest BCUT2D eigenvalue weighted by Crippen LogP contribution is 2.23. The Morgan fingerprint density at radius 1 is 0.650 bits per heavy atom.